The smallest absolute Gasteiger partial charge is 0.237 e. The molecular weight excluding hydrogens is 455 g/mol. The summed E-state index contributed by atoms with van der Waals surface area (Å²) >= 11 is 1.71. The van der Waals surface area contributed by atoms with E-state index in [1.165, 1.54) is 17.0 Å². The summed E-state index contributed by atoms with van der Waals surface area (Å²) in [5, 5.41) is 12.4. The average Bonchev–Trinajstić information content (AvgIpc) is 3.29. The average molecular weight is 493 g/mol. The van der Waals surface area contributed by atoms with Crippen LogP contribution in [0.4, 0.5) is 4.39 Å². The van der Waals surface area contributed by atoms with Gasteiger partial charge in [0.25, 0.3) is 0 Å². The van der Waals surface area contributed by atoms with Crippen LogP contribution in [0, 0.1) is 11.7 Å². The molecule has 1 aliphatic heterocycles. The molecule has 0 radical (unpaired) electrons. The number of aliphatic hydroxyl groups excluding tert-OH is 1. The van der Waals surface area contributed by atoms with E-state index in [1.807, 2.05) is 16.7 Å². The summed E-state index contributed by atoms with van der Waals surface area (Å²) in [6, 6.07) is 7.82. The van der Waals surface area contributed by atoms with Crippen LogP contribution in [0.5, 0.6) is 5.75 Å². The summed E-state index contributed by atoms with van der Waals surface area (Å²) in [5.41, 5.74) is 1.12. The molecule has 1 amide bonds. The van der Waals surface area contributed by atoms with E-state index in [9.17, 15) is 14.3 Å². The van der Waals surface area contributed by atoms with Crippen LogP contribution in [0.15, 0.2) is 35.7 Å². The summed E-state index contributed by atoms with van der Waals surface area (Å²) in [7, 11) is 0. The van der Waals surface area contributed by atoms with Gasteiger partial charge in [0.05, 0.1) is 25.3 Å². The number of fused-ring (bicyclic) bond motifs is 1. The minimum atomic E-state index is -0.637. The van der Waals surface area contributed by atoms with Crippen LogP contribution in [0.3, 0.4) is 0 Å². The number of rotatable bonds is 13. The van der Waals surface area contributed by atoms with E-state index in [1.54, 1.807) is 23.5 Å². The molecule has 3 rings (SSSR count). The molecule has 1 N–H and O–H groups in total. The van der Waals surface area contributed by atoms with Gasteiger partial charge in [-0.1, -0.05) is 13.8 Å². The van der Waals surface area contributed by atoms with Crippen molar-refractivity contribution in [3.8, 4) is 5.75 Å². The zero-order valence-electron chi connectivity index (χ0n) is 20.4. The van der Waals surface area contributed by atoms with Crippen LogP contribution in [0.1, 0.15) is 43.7 Å². The minimum absolute atomic E-state index is 0.0249. The molecule has 6 nitrogen and oxygen atoms in total. The number of amides is 1. The van der Waals surface area contributed by atoms with Gasteiger partial charge in [-0.2, -0.15) is 0 Å². The Bertz CT molecular complexity index is 889. The first-order valence-electron chi connectivity index (χ1n) is 12.1. The zero-order valence-corrected chi connectivity index (χ0v) is 21.2. The lowest BCUT2D eigenvalue weighted by atomic mass is 10.00. The van der Waals surface area contributed by atoms with E-state index in [2.05, 4.69) is 25.3 Å². The first kappa shape index (κ1) is 26.6. The zero-order chi connectivity index (χ0) is 24.5. The van der Waals surface area contributed by atoms with Crippen LogP contribution in [0.2, 0.25) is 0 Å². The highest BCUT2D eigenvalue weighted by atomic mass is 32.1. The third-order valence-electron chi connectivity index (χ3n) is 6.00. The molecular formula is C26H37FN2O4S. The SMILES string of the molecule is CCOC[C@H](O)CN(CCC(C)C)CC(=O)N1CCc2sccc2[C@@H]1COc1ccc(F)cc1. The Labute approximate surface area is 206 Å². The number of hydrogen-bond donors (Lipinski definition) is 1. The molecule has 188 valence electrons. The molecule has 34 heavy (non-hydrogen) atoms. The Morgan fingerprint density at radius 2 is 2.06 bits per heavy atom. The van der Waals surface area contributed by atoms with E-state index in [0.29, 0.717) is 38.0 Å². The quantitative estimate of drug-likeness (QED) is 0.455. The number of carbonyl (C=O) groups excluding carboxylic acids is 1. The Kier molecular flexibility index (Phi) is 10.3. The molecule has 1 aromatic heterocycles. The number of ether oxygens (including phenoxy) is 2. The molecule has 1 aromatic carbocycles. The lowest BCUT2D eigenvalue weighted by Gasteiger charge is -2.37. The van der Waals surface area contributed by atoms with Gasteiger partial charge in [-0.25, -0.2) is 4.39 Å². The number of carbonyl (C=O) groups is 1. The Morgan fingerprint density at radius 1 is 1.29 bits per heavy atom. The topological polar surface area (TPSA) is 62.2 Å². The molecule has 0 bridgehead atoms. The van der Waals surface area contributed by atoms with Crippen molar-refractivity contribution in [3.63, 3.8) is 0 Å². The lowest BCUT2D eigenvalue weighted by Crippen LogP contribution is -2.48. The second-order valence-electron chi connectivity index (χ2n) is 9.15. The van der Waals surface area contributed by atoms with Crippen molar-refractivity contribution in [2.45, 2.75) is 45.8 Å². The van der Waals surface area contributed by atoms with Gasteiger partial charge in [-0.3, -0.25) is 9.69 Å². The molecule has 0 saturated heterocycles. The van der Waals surface area contributed by atoms with Gasteiger partial charge in [-0.15, -0.1) is 11.3 Å². The lowest BCUT2D eigenvalue weighted by molar-refractivity contribution is -0.136. The summed E-state index contributed by atoms with van der Waals surface area (Å²) in [4.78, 5) is 18.7. The predicted molar refractivity (Wildman–Crippen MR) is 133 cm³/mol. The third-order valence-corrected chi connectivity index (χ3v) is 7.00. The van der Waals surface area contributed by atoms with Crippen molar-refractivity contribution in [1.29, 1.82) is 0 Å². The van der Waals surface area contributed by atoms with Crippen LogP contribution in [-0.4, -0.2) is 72.9 Å². The fourth-order valence-electron chi connectivity index (χ4n) is 4.14. The standard InChI is InChI=1S/C26H37FN2O4S/c1-4-32-17-21(30)15-28(12-9-19(2)3)16-26(31)29-13-10-25-23(11-14-34-25)24(29)18-33-22-7-5-20(27)6-8-22/h5-8,11,14,19,21,24,30H,4,9-10,12-13,15-18H2,1-3H3/t21-,24+/m1/s1. The second-order valence-corrected chi connectivity index (χ2v) is 10.1. The second kappa shape index (κ2) is 13.2. The molecule has 2 aromatic rings. The van der Waals surface area contributed by atoms with Gasteiger partial charge >= 0.3 is 0 Å². The predicted octanol–water partition coefficient (Wildman–Crippen LogP) is 4.14. The molecule has 0 spiro atoms. The van der Waals surface area contributed by atoms with Gasteiger partial charge in [0.2, 0.25) is 5.91 Å². The van der Waals surface area contributed by atoms with Crippen LogP contribution >= 0.6 is 11.3 Å². The van der Waals surface area contributed by atoms with Crippen molar-refractivity contribution < 1.29 is 23.8 Å². The molecule has 1 aliphatic rings. The van der Waals surface area contributed by atoms with Gasteiger partial charge in [-0.05, 0) is 73.5 Å². The first-order valence-corrected chi connectivity index (χ1v) is 13.0. The van der Waals surface area contributed by atoms with E-state index < -0.39 is 6.10 Å². The van der Waals surface area contributed by atoms with Gasteiger partial charge < -0.3 is 19.5 Å². The number of aliphatic hydroxyl groups is 1. The van der Waals surface area contributed by atoms with Crippen molar-refractivity contribution in [1.82, 2.24) is 9.80 Å². The number of nitrogens with zero attached hydrogens (tertiary/aromatic N) is 2. The Hall–Kier alpha value is -2.00. The van der Waals surface area contributed by atoms with E-state index in [-0.39, 0.29) is 30.9 Å². The summed E-state index contributed by atoms with van der Waals surface area (Å²) in [6.45, 7) is 9.33. The maximum absolute atomic E-state index is 13.5. The van der Waals surface area contributed by atoms with Crippen molar-refractivity contribution >= 4 is 17.2 Å². The summed E-state index contributed by atoms with van der Waals surface area (Å²) in [5.74, 6) is 0.794. The molecule has 8 heteroatoms. The number of thiophene rings is 1. The molecule has 0 fully saturated rings. The van der Waals surface area contributed by atoms with Crippen LogP contribution in [0.25, 0.3) is 0 Å². The van der Waals surface area contributed by atoms with Crippen LogP contribution in [-0.2, 0) is 16.0 Å². The molecule has 0 saturated carbocycles. The maximum Gasteiger partial charge on any atom is 0.237 e. The van der Waals surface area contributed by atoms with Crippen molar-refractivity contribution in [2.75, 3.05) is 46.0 Å². The van der Waals surface area contributed by atoms with E-state index >= 15 is 0 Å². The van der Waals surface area contributed by atoms with E-state index in [4.69, 9.17) is 9.47 Å². The largest absolute Gasteiger partial charge is 0.491 e. The molecule has 2 atom stereocenters. The van der Waals surface area contributed by atoms with Crippen LogP contribution < -0.4 is 4.74 Å². The monoisotopic (exact) mass is 492 g/mol. The Morgan fingerprint density at radius 3 is 2.76 bits per heavy atom. The number of benzene rings is 1. The van der Waals surface area contributed by atoms with Crippen molar-refractivity contribution in [3.05, 3.63) is 52.0 Å². The highest BCUT2D eigenvalue weighted by molar-refractivity contribution is 7.10. The molecule has 0 unspecified atom stereocenters. The van der Waals surface area contributed by atoms with Gasteiger partial charge in [0, 0.05) is 24.6 Å². The first-order chi connectivity index (χ1) is 16.4. The minimum Gasteiger partial charge on any atom is -0.491 e. The number of halogens is 1. The fraction of sp³-hybridized carbons (Fsp3) is 0.577. The van der Waals surface area contributed by atoms with Gasteiger partial charge in [0.15, 0.2) is 0 Å². The van der Waals surface area contributed by atoms with Gasteiger partial charge in [0.1, 0.15) is 18.2 Å². The molecule has 2 heterocycles. The molecule has 0 aliphatic carbocycles. The maximum atomic E-state index is 13.5. The third kappa shape index (κ3) is 7.77. The fourth-order valence-corrected chi connectivity index (χ4v) is 5.07. The highest BCUT2D eigenvalue weighted by Gasteiger charge is 2.33. The Balaban J connectivity index is 1.70. The number of hydrogen-bond acceptors (Lipinski definition) is 6. The van der Waals surface area contributed by atoms with Crippen molar-refractivity contribution in [2.24, 2.45) is 5.92 Å². The summed E-state index contributed by atoms with van der Waals surface area (Å²) in [6.07, 6.45) is 1.13. The normalized spacial score (nSPS) is 16.7. The van der Waals surface area contributed by atoms with E-state index in [0.717, 1.165) is 24.9 Å². The summed E-state index contributed by atoms with van der Waals surface area (Å²) < 4.78 is 24.6. The highest BCUT2D eigenvalue weighted by Crippen LogP contribution is 2.34.